The average molecular weight is 263 g/mol. The molecule has 1 aliphatic heterocycles. The summed E-state index contributed by atoms with van der Waals surface area (Å²) in [6, 6.07) is 4.21. The van der Waals surface area contributed by atoms with E-state index >= 15 is 0 Å². The quantitative estimate of drug-likeness (QED) is 0.827. The van der Waals surface area contributed by atoms with Gasteiger partial charge in [0.25, 0.3) is 0 Å². The van der Waals surface area contributed by atoms with Crippen molar-refractivity contribution in [3.8, 4) is 0 Å². The number of hydrogen-bond donors (Lipinski definition) is 1. The third-order valence-electron chi connectivity index (χ3n) is 3.56. The summed E-state index contributed by atoms with van der Waals surface area (Å²) in [6.45, 7) is 3.84. The highest BCUT2D eigenvalue weighted by atomic mass is 16.5. The highest BCUT2D eigenvalue weighted by Crippen LogP contribution is 2.19. The molecule has 0 aromatic carbocycles. The van der Waals surface area contributed by atoms with E-state index in [1.807, 2.05) is 31.5 Å². The first-order valence-electron chi connectivity index (χ1n) is 6.69. The molecule has 0 radical (unpaired) electrons. The first-order valence-corrected chi connectivity index (χ1v) is 6.69. The fourth-order valence-corrected chi connectivity index (χ4v) is 2.46. The van der Waals surface area contributed by atoms with E-state index in [0.29, 0.717) is 6.04 Å². The van der Waals surface area contributed by atoms with Gasteiger partial charge in [-0.25, -0.2) is 0 Å². The predicted octanol–water partition coefficient (Wildman–Crippen LogP) is 1.20. The zero-order chi connectivity index (χ0) is 13.7. The van der Waals surface area contributed by atoms with E-state index in [-0.39, 0.29) is 12.0 Å². The number of carbonyl (C=O) groups excluding carboxylic acids is 1. The second kappa shape index (κ2) is 6.52. The molecule has 2 heterocycles. The molecule has 0 amide bonds. The van der Waals surface area contributed by atoms with Crippen molar-refractivity contribution < 1.29 is 9.53 Å². The average Bonchev–Trinajstić information content (AvgIpc) is 2.48. The summed E-state index contributed by atoms with van der Waals surface area (Å²) in [4.78, 5) is 17.8. The Morgan fingerprint density at radius 3 is 2.63 bits per heavy atom. The molecule has 1 aromatic rings. The summed E-state index contributed by atoms with van der Waals surface area (Å²) in [5.74, 6) is -0.198. The maximum Gasteiger partial charge on any atom is 0.322 e. The van der Waals surface area contributed by atoms with Crippen LogP contribution in [0.25, 0.3) is 0 Å². The Bertz CT molecular complexity index is 402. The summed E-state index contributed by atoms with van der Waals surface area (Å²) in [7, 11) is 1.42. The second-order valence-corrected chi connectivity index (χ2v) is 4.88. The second-order valence-electron chi connectivity index (χ2n) is 4.88. The van der Waals surface area contributed by atoms with Gasteiger partial charge < -0.3 is 15.0 Å². The lowest BCUT2D eigenvalue weighted by atomic mass is 10.0. The molecule has 104 valence electrons. The highest BCUT2D eigenvalue weighted by molar-refractivity contribution is 5.75. The molecule has 0 saturated carbocycles. The van der Waals surface area contributed by atoms with Crippen LogP contribution in [0.1, 0.15) is 19.8 Å². The summed E-state index contributed by atoms with van der Waals surface area (Å²) in [6.07, 6.45) is 5.70. The van der Waals surface area contributed by atoms with Gasteiger partial charge in [0, 0.05) is 37.2 Å². The van der Waals surface area contributed by atoms with Crippen LogP contribution in [0.2, 0.25) is 0 Å². The molecular formula is C14H21N3O2. The Hall–Kier alpha value is -1.62. The number of nitrogens with zero attached hydrogens (tertiary/aromatic N) is 2. The molecule has 2 rings (SSSR count). The van der Waals surface area contributed by atoms with Gasteiger partial charge in [-0.15, -0.1) is 0 Å². The Morgan fingerprint density at radius 2 is 2.05 bits per heavy atom. The minimum Gasteiger partial charge on any atom is -0.468 e. The van der Waals surface area contributed by atoms with Crippen molar-refractivity contribution in [2.24, 2.45) is 0 Å². The monoisotopic (exact) mass is 263 g/mol. The van der Waals surface area contributed by atoms with Gasteiger partial charge in [-0.1, -0.05) is 0 Å². The fraction of sp³-hybridized carbons (Fsp3) is 0.571. The molecule has 1 aromatic heterocycles. The zero-order valence-corrected chi connectivity index (χ0v) is 11.5. The standard InChI is InChI=1S/C14H21N3O2/c1-11(14(18)19-2)16-12-5-9-17(10-6-12)13-3-7-15-8-4-13/h3-4,7-8,11-12,16H,5-6,9-10H2,1-2H3/t11-/m0/s1. The summed E-state index contributed by atoms with van der Waals surface area (Å²) in [5, 5.41) is 3.33. The number of esters is 1. The number of carbonyl (C=O) groups is 1. The third-order valence-corrected chi connectivity index (χ3v) is 3.56. The molecular weight excluding hydrogens is 242 g/mol. The summed E-state index contributed by atoms with van der Waals surface area (Å²) < 4.78 is 4.73. The van der Waals surface area contributed by atoms with E-state index in [9.17, 15) is 4.79 Å². The summed E-state index contributed by atoms with van der Waals surface area (Å²) in [5.41, 5.74) is 1.22. The molecule has 1 N–H and O–H groups in total. The lowest BCUT2D eigenvalue weighted by Crippen LogP contribution is -2.48. The Balaban J connectivity index is 1.81. The van der Waals surface area contributed by atoms with Crippen LogP contribution in [0.4, 0.5) is 5.69 Å². The number of nitrogens with one attached hydrogen (secondary N) is 1. The molecule has 1 fully saturated rings. The molecule has 1 saturated heterocycles. The van der Waals surface area contributed by atoms with Gasteiger partial charge in [0.05, 0.1) is 7.11 Å². The number of pyridine rings is 1. The zero-order valence-electron chi connectivity index (χ0n) is 11.5. The van der Waals surface area contributed by atoms with Crippen molar-refractivity contribution in [3.63, 3.8) is 0 Å². The van der Waals surface area contributed by atoms with E-state index in [1.54, 1.807) is 0 Å². The predicted molar refractivity (Wildman–Crippen MR) is 74.1 cm³/mol. The van der Waals surface area contributed by atoms with Crippen LogP contribution >= 0.6 is 0 Å². The molecule has 5 heteroatoms. The van der Waals surface area contributed by atoms with Crippen molar-refractivity contribution in [2.75, 3.05) is 25.1 Å². The largest absolute Gasteiger partial charge is 0.468 e. The molecule has 19 heavy (non-hydrogen) atoms. The highest BCUT2D eigenvalue weighted by Gasteiger charge is 2.23. The van der Waals surface area contributed by atoms with Gasteiger partial charge in [0.1, 0.15) is 6.04 Å². The molecule has 5 nitrogen and oxygen atoms in total. The van der Waals surface area contributed by atoms with E-state index in [4.69, 9.17) is 4.74 Å². The van der Waals surface area contributed by atoms with Crippen LogP contribution in [0.3, 0.4) is 0 Å². The van der Waals surface area contributed by atoms with E-state index in [0.717, 1.165) is 25.9 Å². The maximum absolute atomic E-state index is 11.4. The van der Waals surface area contributed by atoms with E-state index < -0.39 is 0 Å². The van der Waals surface area contributed by atoms with Crippen LogP contribution in [-0.2, 0) is 9.53 Å². The van der Waals surface area contributed by atoms with Crippen molar-refractivity contribution in [3.05, 3.63) is 24.5 Å². The number of methoxy groups -OCH3 is 1. The van der Waals surface area contributed by atoms with Crippen molar-refractivity contribution in [1.82, 2.24) is 10.3 Å². The van der Waals surface area contributed by atoms with Crippen molar-refractivity contribution >= 4 is 11.7 Å². The molecule has 0 spiro atoms. The van der Waals surface area contributed by atoms with Gasteiger partial charge in [0.2, 0.25) is 0 Å². The minimum atomic E-state index is -0.234. The number of rotatable bonds is 4. The van der Waals surface area contributed by atoms with E-state index in [2.05, 4.69) is 15.2 Å². The van der Waals surface area contributed by atoms with Crippen molar-refractivity contribution in [1.29, 1.82) is 0 Å². The molecule has 1 aliphatic rings. The number of piperidine rings is 1. The minimum absolute atomic E-state index is 0.198. The fourth-order valence-electron chi connectivity index (χ4n) is 2.46. The molecule has 0 unspecified atom stereocenters. The van der Waals surface area contributed by atoms with Gasteiger partial charge in [0.15, 0.2) is 0 Å². The van der Waals surface area contributed by atoms with Crippen LogP contribution in [-0.4, -0.2) is 43.2 Å². The number of anilines is 1. The topological polar surface area (TPSA) is 54.5 Å². The normalized spacial score (nSPS) is 18.1. The maximum atomic E-state index is 11.4. The third kappa shape index (κ3) is 3.67. The van der Waals surface area contributed by atoms with E-state index in [1.165, 1.54) is 12.8 Å². The van der Waals surface area contributed by atoms with Crippen LogP contribution in [0, 0.1) is 0 Å². The Morgan fingerprint density at radius 1 is 1.42 bits per heavy atom. The smallest absolute Gasteiger partial charge is 0.322 e. The van der Waals surface area contributed by atoms with Gasteiger partial charge >= 0.3 is 5.97 Å². The van der Waals surface area contributed by atoms with Crippen LogP contribution < -0.4 is 10.2 Å². The SMILES string of the molecule is COC(=O)[C@H](C)NC1CCN(c2ccncc2)CC1. The number of aromatic nitrogens is 1. The summed E-state index contributed by atoms with van der Waals surface area (Å²) >= 11 is 0. The van der Waals surface area contributed by atoms with Gasteiger partial charge in [-0.05, 0) is 31.9 Å². The molecule has 1 atom stereocenters. The molecule has 0 aliphatic carbocycles. The molecule has 0 bridgehead atoms. The van der Waals surface area contributed by atoms with Crippen LogP contribution in [0.5, 0.6) is 0 Å². The number of ether oxygens (including phenoxy) is 1. The first kappa shape index (κ1) is 13.8. The number of hydrogen-bond acceptors (Lipinski definition) is 5. The Kier molecular flexibility index (Phi) is 4.74. The van der Waals surface area contributed by atoms with Gasteiger partial charge in [-0.3, -0.25) is 9.78 Å². The van der Waals surface area contributed by atoms with Crippen molar-refractivity contribution in [2.45, 2.75) is 31.8 Å². The lowest BCUT2D eigenvalue weighted by Gasteiger charge is -2.34. The Labute approximate surface area is 114 Å². The lowest BCUT2D eigenvalue weighted by molar-refractivity contribution is -0.142. The first-order chi connectivity index (χ1) is 9.20. The van der Waals surface area contributed by atoms with Crippen LogP contribution in [0.15, 0.2) is 24.5 Å². The van der Waals surface area contributed by atoms with Gasteiger partial charge in [-0.2, -0.15) is 0 Å².